The minimum Gasteiger partial charge on any atom is -0.354 e. The fourth-order valence-corrected chi connectivity index (χ4v) is 2.60. The summed E-state index contributed by atoms with van der Waals surface area (Å²) in [7, 11) is 3.30. The van der Waals surface area contributed by atoms with E-state index in [-0.39, 0.29) is 18.4 Å². The van der Waals surface area contributed by atoms with Gasteiger partial charge in [0.1, 0.15) is 0 Å². The van der Waals surface area contributed by atoms with Gasteiger partial charge in [-0.3, -0.25) is 0 Å². The predicted molar refractivity (Wildman–Crippen MR) is 65.7 cm³/mol. The van der Waals surface area contributed by atoms with E-state index in [1.165, 1.54) is 4.88 Å². The van der Waals surface area contributed by atoms with Crippen LogP contribution in [0.2, 0.25) is 0 Å². The number of nitrogens with one attached hydrogen (secondary N) is 1. The number of aromatic nitrogens is 1. The van der Waals surface area contributed by atoms with Crippen LogP contribution in [0.4, 0.5) is 0 Å². The largest absolute Gasteiger partial charge is 0.354 e. The zero-order valence-corrected chi connectivity index (χ0v) is 11.3. The van der Waals surface area contributed by atoms with Crippen molar-refractivity contribution in [1.29, 1.82) is 0 Å². The van der Waals surface area contributed by atoms with Crippen LogP contribution < -0.4 is 5.32 Å². The van der Waals surface area contributed by atoms with E-state index in [1.807, 2.05) is 19.4 Å². The van der Waals surface area contributed by atoms with Crippen LogP contribution in [-0.2, 0) is 9.47 Å². The van der Waals surface area contributed by atoms with Crippen LogP contribution in [0.5, 0.6) is 0 Å². The Labute approximate surface area is 101 Å². The molecule has 0 aromatic carbocycles. The van der Waals surface area contributed by atoms with Gasteiger partial charge in [-0.25, -0.2) is 4.98 Å². The molecular formula is C11H20N2O2S. The number of thiazole rings is 1. The average Bonchev–Trinajstić information content (AvgIpc) is 2.66. The maximum Gasteiger partial charge on any atom is 0.171 e. The average molecular weight is 244 g/mol. The van der Waals surface area contributed by atoms with Gasteiger partial charge in [-0.1, -0.05) is 0 Å². The van der Waals surface area contributed by atoms with E-state index in [9.17, 15) is 0 Å². The monoisotopic (exact) mass is 244 g/mol. The lowest BCUT2D eigenvalue weighted by molar-refractivity contribution is -0.120. The normalized spacial score (nSPS) is 15.4. The summed E-state index contributed by atoms with van der Waals surface area (Å²) in [5, 5.41) is 3.45. The van der Waals surface area contributed by atoms with E-state index < -0.39 is 0 Å². The number of methoxy groups -OCH3 is 2. The molecule has 0 saturated carbocycles. The quantitative estimate of drug-likeness (QED) is 0.778. The Morgan fingerprint density at radius 2 is 1.94 bits per heavy atom. The molecule has 0 radical (unpaired) electrons. The zero-order chi connectivity index (χ0) is 12.1. The molecule has 16 heavy (non-hydrogen) atoms. The molecular weight excluding hydrogens is 224 g/mol. The van der Waals surface area contributed by atoms with Crippen LogP contribution in [0.3, 0.4) is 0 Å². The molecule has 1 heterocycles. The van der Waals surface area contributed by atoms with Gasteiger partial charge in [-0.15, -0.1) is 11.3 Å². The Kier molecular flexibility index (Phi) is 5.34. The molecule has 0 aliphatic carbocycles. The molecule has 1 aromatic heterocycles. The number of rotatable bonds is 6. The van der Waals surface area contributed by atoms with Crippen LogP contribution in [0.1, 0.15) is 30.5 Å². The van der Waals surface area contributed by atoms with E-state index in [1.54, 1.807) is 25.6 Å². The maximum atomic E-state index is 5.21. The van der Waals surface area contributed by atoms with Gasteiger partial charge < -0.3 is 14.8 Å². The highest BCUT2D eigenvalue weighted by Crippen LogP contribution is 2.21. The first kappa shape index (κ1) is 13.6. The van der Waals surface area contributed by atoms with Crippen molar-refractivity contribution in [2.75, 3.05) is 14.2 Å². The van der Waals surface area contributed by atoms with Gasteiger partial charge in [0.05, 0.1) is 17.2 Å². The Morgan fingerprint density at radius 1 is 1.31 bits per heavy atom. The maximum absolute atomic E-state index is 5.21. The van der Waals surface area contributed by atoms with Gasteiger partial charge in [0.25, 0.3) is 0 Å². The molecule has 0 fully saturated rings. The fraction of sp³-hybridized carbons (Fsp3) is 0.727. The van der Waals surface area contributed by atoms with Crippen molar-refractivity contribution in [3.8, 4) is 0 Å². The van der Waals surface area contributed by atoms with E-state index in [2.05, 4.69) is 17.2 Å². The first-order valence-corrected chi connectivity index (χ1v) is 6.19. The molecule has 1 rings (SSSR count). The van der Waals surface area contributed by atoms with Crippen LogP contribution in [0, 0.1) is 6.92 Å². The highest BCUT2D eigenvalue weighted by molar-refractivity contribution is 7.09. The number of nitrogens with zero attached hydrogens (tertiary/aromatic N) is 1. The zero-order valence-electron chi connectivity index (χ0n) is 10.5. The smallest absolute Gasteiger partial charge is 0.171 e. The summed E-state index contributed by atoms with van der Waals surface area (Å²) in [5.41, 5.74) is 2.96. The summed E-state index contributed by atoms with van der Waals surface area (Å²) in [6.45, 7) is 6.20. The minimum atomic E-state index is -0.226. The second kappa shape index (κ2) is 6.30. The molecule has 92 valence electrons. The van der Waals surface area contributed by atoms with E-state index in [0.29, 0.717) is 0 Å². The highest BCUT2D eigenvalue weighted by Gasteiger charge is 2.20. The van der Waals surface area contributed by atoms with Crippen molar-refractivity contribution in [2.24, 2.45) is 0 Å². The van der Waals surface area contributed by atoms with Gasteiger partial charge in [-0.2, -0.15) is 0 Å². The molecule has 0 aliphatic rings. The van der Waals surface area contributed by atoms with Crippen molar-refractivity contribution in [3.63, 3.8) is 0 Å². The Hall–Kier alpha value is -0.490. The van der Waals surface area contributed by atoms with Crippen molar-refractivity contribution in [1.82, 2.24) is 10.3 Å². The molecule has 2 unspecified atom stereocenters. The Morgan fingerprint density at radius 3 is 2.38 bits per heavy atom. The Balaban J connectivity index is 2.57. The lowest BCUT2D eigenvalue weighted by Gasteiger charge is -2.25. The third-order valence-corrected chi connectivity index (χ3v) is 3.68. The minimum absolute atomic E-state index is 0.131. The SMILES string of the molecule is COC(OC)C(C)NC(C)c1scnc1C. The first-order chi connectivity index (χ1) is 7.60. The van der Waals surface area contributed by atoms with Crippen molar-refractivity contribution >= 4 is 11.3 Å². The van der Waals surface area contributed by atoms with Gasteiger partial charge in [0.15, 0.2) is 6.29 Å². The van der Waals surface area contributed by atoms with E-state index in [4.69, 9.17) is 9.47 Å². The second-order valence-electron chi connectivity index (χ2n) is 3.82. The molecule has 1 N–H and O–H groups in total. The van der Waals surface area contributed by atoms with Crippen molar-refractivity contribution in [2.45, 2.75) is 39.1 Å². The fourth-order valence-electron chi connectivity index (χ4n) is 1.78. The lowest BCUT2D eigenvalue weighted by Crippen LogP contribution is -2.40. The second-order valence-corrected chi connectivity index (χ2v) is 4.71. The third kappa shape index (κ3) is 3.25. The van der Waals surface area contributed by atoms with Crippen molar-refractivity contribution < 1.29 is 9.47 Å². The van der Waals surface area contributed by atoms with E-state index in [0.717, 1.165) is 5.69 Å². The molecule has 4 nitrogen and oxygen atoms in total. The van der Waals surface area contributed by atoms with Crippen LogP contribution >= 0.6 is 11.3 Å². The predicted octanol–water partition coefficient (Wildman–Crippen LogP) is 2.11. The summed E-state index contributed by atoms with van der Waals surface area (Å²) in [6, 6.07) is 0.391. The van der Waals surface area contributed by atoms with Crippen LogP contribution in [0.15, 0.2) is 5.51 Å². The highest BCUT2D eigenvalue weighted by atomic mass is 32.1. The number of hydrogen-bond acceptors (Lipinski definition) is 5. The molecule has 0 spiro atoms. The standard InChI is InChI=1S/C11H20N2O2S/c1-7-10(16-6-12-7)8(2)13-9(3)11(14-4)15-5/h6,8-9,11,13H,1-5H3. The first-order valence-electron chi connectivity index (χ1n) is 5.31. The third-order valence-electron chi connectivity index (χ3n) is 2.56. The van der Waals surface area contributed by atoms with Gasteiger partial charge in [0, 0.05) is 25.1 Å². The molecule has 5 heteroatoms. The van der Waals surface area contributed by atoms with Crippen molar-refractivity contribution in [3.05, 3.63) is 16.1 Å². The number of hydrogen-bond donors (Lipinski definition) is 1. The molecule has 2 atom stereocenters. The van der Waals surface area contributed by atoms with Gasteiger partial charge in [-0.05, 0) is 20.8 Å². The van der Waals surface area contributed by atoms with Gasteiger partial charge in [0.2, 0.25) is 0 Å². The number of aryl methyl sites for hydroxylation is 1. The Bertz CT molecular complexity index is 313. The van der Waals surface area contributed by atoms with E-state index >= 15 is 0 Å². The molecule has 0 saturated heterocycles. The summed E-state index contributed by atoms with van der Waals surface area (Å²) in [4.78, 5) is 5.51. The summed E-state index contributed by atoms with van der Waals surface area (Å²) in [6.07, 6.45) is -0.226. The summed E-state index contributed by atoms with van der Waals surface area (Å²) >= 11 is 1.67. The number of ether oxygens (including phenoxy) is 2. The molecule has 0 bridgehead atoms. The molecule has 1 aromatic rings. The topological polar surface area (TPSA) is 43.4 Å². The summed E-state index contributed by atoms with van der Waals surface area (Å²) < 4.78 is 10.4. The molecule has 0 amide bonds. The lowest BCUT2D eigenvalue weighted by atomic mass is 10.2. The molecule has 0 aliphatic heterocycles. The van der Waals surface area contributed by atoms with Crippen LogP contribution in [0.25, 0.3) is 0 Å². The van der Waals surface area contributed by atoms with Crippen LogP contribution in [-0.4, -0.2) is 31.5 Å². The van der Waals surface area contributed by atoms with Gasteiger partial charge >= 0.3 is 0 Å². The summed E-state index contributed by atoms with van der Waals surface area (Å²) in [5.74, 6) is 0.